The predicted molar refractivity (Wildman–Crippen MR) is 148 cm³/mol. The first-order valence-electron chi connectivity index (χ1n) is 12.5. The molecule has 5 rings (SSSR count). The molecule has 1 saturated heterocycles. The van der Waals surface area contributed by atoms with Gasteiger partial charge in [-0.2, -0.15) is 0 Å². The van der Waals surface area contributed by atoms with Crippen LogP contribution < -0.4 is 11.1 Å². The maximum atomic E-state index is 13.0. The lowest BCUT2D eigenvalue weighted by Crippen LogP contribution is -2.38. The van der Waals surface area contributed by atoms with Crippen LogP contribution in [0.3, 0.4) is 0 Å². The van der Waals surface area contributed by atoms with Crippen LogP contribution in [0, 0.1) is 0 Å². The average Bonchev–Trinajstić information content (AvgIpc) is 3.26. The third-order valence-corrected chi connectivity index (χ3v) is 6.56. The Bertz CT molecular complexity index is 1490. The Morgan fingerprint density at radius 3 is 2.53 bits per heavy atom. The number of morpholine rings is 1. The number of ether oxygens (including phenoxy) is 1. The Hall–Kier alpha value is -4.47. The number of rotatable bonds is 9. The van der Waals surface area contributed by atoms with E-state index in [0.29, 0.717) is 22.2 Å². The molecule has 5 N–H and O–H groups in total. The molecule has 38 heavy (non-hydrogen) atoms. The molecule has 9 nitrogen and oxygen atoms in total. The zero-order valence-corrected chi connectivity index (χ0v) is 20.8. The smallest absolute Gasteiger partial charge is 0.248 e. The van der Waals surface area contributed by atoms with Crippen LogP contribution >= 0.6 is 0 Å². The van der Waals surface area contributed by atoms with Gasteiger partial charge in [-0.1, -0.05) is 24.3 Å². The number of nitrogens with zero attached hydrogens (tertiary/aromatic N) is 2. The van der Waals surface area contributed by atoms with Crippen LogP contribution in [0.25, 0.3) is 10.9 Å². The lowest BCUT2D eigenvalue weighted by Gasteiger charge is -2.26. The monoisotopic (exact) mass is 511 g/mol. The van der Waals surface area contributed by atoms with Crippen LogP contribution in [0.1, 0.15) is 31.8 Å². The predicted octanol–water partition coefficient (Wildman–Crippen LogP) is 3.70. The molecule has 0 spiro atoms. The lowest BCUT2D eigenvalue weighted by atomic mass is 10.00. The molecule has 0 aliphatic carbocycles. The molecule has 4 aromatic rings. The van der Waals surface area contributed by atoms with E-state index >= 15 is 0 Å². The zero-order chi connectivity index (χ0) is 26.5. The Morgan fingerprint density at radius 1 is 1.03 bits per heavy atom. The van der Waals surface area contributed by atoms with Gasteiger partial charge in [-0.05, 0) is 42.5 Å². The summed E-state index contributed by atoms with van der Waals surface area (Å²) in [5, 5.41) is 14.7. The summed E-state index contributed by atoms with van der Waals surface area (Å²) in [4.78, 5) is 34.2. The number of aromatic nitrogens is 1. The number of benzene rings is 3. The van der Waals surface area contributed by atoms with E-state index in [0.717, 1.165) is 56.2 Å². The van der Waals surface area contributed by atoms with Gasteiger partial charge >= 0.3 is 0 Å². The van der Waals surface area contributed by atoms with Crippen molar-refractivity contribution >= 4 is 40.2 Å². The first kappa shape index (κ1) is 25.2. The van der Waals surface area contributed by atoms with Crippen molar-refractivity contribution in [2.45, 2.75) is 0 Å². The second-order valence-corrected chi connectivity index (χ2v) is 9.11. The van der Waals surface area contributed by atoms with E-state index in [1.165, 1.54) is 6.07 Å². The fourth-order valence-corrected chi connectivity index (χ4v) is 4.44. The fourth-order valence-electron chi connectivity index (χ4n) is 4.44. The molecule has 0 radical (unpaired) electrons. The highest BCUT2D eigenvalue weighted by Gasteiger charge is 2.15. The molecule has 9 heteroatoms. The molecular weight excluding hydrogens is 482 g/mol. The molecule has 0 bridgehead atoms. The number of hydrogen-bond donors (Lipinski definition) is 4. The van der Waals surface area contributed by atoms with Crippen molar-refractivity contribution in [2.24, 2.45) is 10.7 Å². The third-order valence-electron chi connectivity index (χ3n) is 6.56. The van der Waals surface area contributed by atoms with Crippen molar-refractivity contribution in [1.82, 2.24) is 9.88 Å². The number of primary amides is 1. The minimum atomic E-state index is -0.594. The molecular formula is C29H29N5O4. The molecule has 1 aromatic heterocycles. The number of aromatic amines is 1. The molecule has 0 saturated carbocycles. The number of carbonyl (C=O) groups is 2. The normalized spacial score (nSPS) is 14.2. The fraction of sp³-hybridized carbons (Fsp3) is 0.207. The number of hydrogen-bond acceptors (Lipinski definition) is 7. The molecule has 3 aromatic carbocycles. The summed E-state index contributed by atoms with van der Waals surface area (Å²) in [5.41, 5.74) is 9.27. The minimum Gasteiger partial charge on any atom is -0.494 e. The maximum absolute atomic E-state index is 13.0. The quantitative estimate of drug-likeness (QED) is 0.200. The molecule has 1 aliphatic heterocycles. The van der Waals surface area contributed by atoms with Crippen molar-refractivity contribution in [3.63, 3.8) is 0 Å². The average molecular weight is 512 g/mol. The van der Waals surface area contributed by atoms with E-state index in [9.17, 15) is 14.7 Å². The van der Waals surface area contributed by atoms with E-state index < -0.39 is 5.91 Å². The van der Waals surface area contributed by atoms with Crippen LogP contribution in [-0.4, -0.2) is 72.3 Å². The van der Waals surface area contributed by atoms with Crippen molar-refractivity contribution < 1.29 is 19.4 Å². The third kappa shape index (κ3) is 5.74. The molecule has 1 amide bonds. The summed E-state index contributed by atoms with van der Waals surface area (Å²) < 4.78 is 5.38. The van der Waals surface area contributed by atoms with E-state index in [2.05, 4.69) is 20.2 Å². The molecule has 0 atom stereocenters. The van der Waals surface area contributed by atoms with Gasteiger partial charge in [0.05, 0.1) is 24.5 Å². The molecule has 1 fully saturated rings. The summed E-state index contributed by atoms with van der Waals surface area (Å²) in [6.07, 6.45) is 1.60. The highest BCUT2D eigenvalue weighted by Crippen LogP contribution is 2.28. The Kier molecular flexibility index (Phi) is 7.48. The van der Waals surface area contributed by atoms with Gasteiger partial charge in [0.1, 0.15) is 0 Å². The van der Waals surface area contributed by atoms with Crippen LogP contribution in [0.5, 0.6) is 5.88 Å². The summed E-state index contributed by atoms with van der Waals surface area (Å²) in [6.45, 7) is 5.36. The highest BCUT2D eigenvalue weighted by molar-refractivity contribution is 6.12. The number of aliphatic imine (C=N–C) groups is 1. The molecule has 0 unspecified atom stereocenters. The van der Waals surface area contributed by atoms with Gasteiger partial charge in [-0.3, -0.25) is 19.5 Å². The SMILES string of the molecule is NC(=O)c1cccc(C(=O)c2ccc3c(C=Nc4ccc(NCCN5CCOCC5)cc4)c(O)[nH]c3c2)c1. The van der Waals surface area contributed by atoms with Gasteiger partial charge in [-0.15, -0.1) is 0 Å². The van der Waals surface area contributed by atoms with Crippen molar-refractivity contribution in [3.05, 3.63) is 89.0 Å². The zero-order valence-electron chi connectivity index (χ0n) is 20.8. The van der Waals surface area contributed by atoms with Gasteiger partial charge in [-0.25, -0.2) is 0 Å². The molecule has 194 valence electrons. The van der Waals surface area contributed by atoms with Crippen molar-refractivity contribution in [3.8, 4) is 5.88 Å². The van der Waals surface area contributed by atoms with Gasteiger partial charge in [0.15, 0.2) is 11.7 Å². The van der Waals surface area contributed by atoms with Gasteiger partial charge < -0.3 is 25.9 Å². The van der Waals surface area contributed by atoms with E-state index in [-0.39, 0.29) is 17.2 Å². The topological polar surface area (TPSA) is 133 Å². The standard InChI is InChI=1S/C29H29N5O4/c30-28(36)21-3-1-2-19(16-21)27(35)20-4-9-24-25(29(37)33-26(24)17-20)18-32-23-7-5-22(6-8-23)31-10-11-34-12-14-38-15-13-34/h1-9,16-18,31,33,37H,10-15H2,(H2,30,36). The number of amides is 1. The Balaban J connectivity index is 1.26. The van der Waals surface area contributed by atoms with Gasteiger partial charge in [0, 0.05) is 65.7 Å². The largest absolute Gasteiger partial charge is 0.494 e. The van der Waals surface area contributed by atoms with Crippen molar-refractivity contribution in [1.29, 1.82) is 0 Å². The van der Waals surface area contributed by atoms with Crippen LogP contribution in [0.4, 0.5) is 11.4 Å². The van der Waals surface area contributed by atoms with Crippen LogP contribution in [-0.2, 0) is 4.74 Å². The Morgan fingerprint density at radius 2 is 1.76 bits per heavy atom. The highest BCUT2D eigenvalue weighted by atomic mass is 16.5. The number of ketones is 1. The summed E-state index contributed by atoms with van der Waals surface area (Å²) in [7, 11) is 0. The minimum absolute atomic E-state index is 0.0366. The summed E-state index contributed by atoms with van der Waals surface area (Å²) in [6, 6.07) is 19.2. The number of nitrogens with one attached hydrogen (secondary N) is 2. The number of anilines is 1. The maximum Gasteiger partial charge on any atom is 0.248 e. The van der Waals surface area contributed by atoms with E-state index in [1.807, 2.05) is 24.3 Å². The first-order valence-corrected chi connectivity index (χ1v) is 12.5. The number of carbonyl (C=O) groups excluding carboxylic acids is 2. The van der Waals surface area contributed by atoms with Crippen LogP contribution in [0.15, 0.2) is 71.7 Å². The summed E-state index contributed by atoms with van der Waals surface area (Å²) in [5.74, 6) is -0.883. The second-order valence-electron chi connectivity index (χ2n) is 9.11. The Labute approximate surface area is 219 Å². The van der Waals surface area contributed by atoms with E-state index in [1.54, 1.807) is 42.6 Å². The lowest BCUT2D eigenvalue weighted by molar-refractivity contribution is 0.0398. The second kappa shape index (κ2) is 11.3. The summed E-state index contributed by atoms with van der Waals surface area (Å²) >= 11 is 0. The molecule has 1 aliphatic rings. The van der Waals surface area contributed by atoms with Crippen molar-refractivity contribution in [2.75, 3.05) is 44.7 Å². The van der Waals surface area contributed by atoms with Gasteiger partial charge in [0.2, 0.25) is 5.91 Å². The number of nitrogens with two attached hydrogens (primary N) is 1. The number of H-pyrrole nitrogens is 1. The van der Waals surface area contributed by atoms with Crippen LogP contribution in [0.2, 0.25) is 0 Å². The van der Waals surface area contributed by atoms with E-state index in [4.69, 9.17) is 10.5 Å². The molecule has 2 heterocycles. The number of aromatic hydroxyl groups is 1. The number of fused-ring (bicyclic) bond motifs is 1. The first-order chi connectivity index (χ1) is 18.5. The van der Waals surface area contributed by atoms with Gasteiger partial charge in [0.25, 0.3) is 0 Å².